The molecule has 0 aromatic carbocycles. The number of rotatable bonds is 2. The van der Waals surface area contributed by atoms with E-state index in [9.17, 15) is 0 Å². The van der Waals surface area contributed by atoms with E-state index in [2.05, 4.69) is 11.6 Å². The maximum absolute atomic E-state index is 5.18. The molecule has 7 heavy (non-hydrogen) atoms. The van der Waals surface area contributed by atoms with E-state index < -0.39 is 0 Å². The normalized spacial score (nSPS) is 11.4. The standard InChI is InChI=1S/C5H10N2/c1-3-7-5(2)4-6/h3H,1,4,6H2,2H3. The van der Waals surface area contributed by atoms with Gasteiger partial charge in [-0.25, -0.2) is 0 Å². The molecular formula is C5H10N2. The fourth-order valence-electron chi connectivity index (χ4n) is 0.209. The zero-order chi connectivity index (χ0) is 5.70. The van der Waals surface area contributed by atoms with Crippen molar-refractivity contribution in [1.82, 2.24) is 0 Å². The Hall–Kier alpha value is -0.630. The average Bonchev–Trinajstić information content (AvgIpc) is 1.68. The van der Waals surface area contributed by atoms with Crippen molar-refractivity contribution in [1.29, 1.82) is 0 Å². The van der Waals surface area contributed by atoms with E-state index in [-0.39, 0.29) is 0 Å². The molecule has 0 aliphatic carbocycles. The summed E-state index contributed by atoms with van der Waals surface area (Å²) in [6.45, 7) is 5.79. The number of nitrogens with zero attached hydrogens (tertiary/aromatic N) is 1. The molecule has 0 saturated heterocycles. The van der Waals surface area contributed by atoms with Crippen LogP contribution in [0.2, 0.25) is 0 Å². The Labute approximate surface area is 43.7 Å². The highest BCUT2D eigenvalue weighted by molar-refractivity contribution is 5.84. The summed E-state index contributed by atoms with van der Waals surface area (Å²) in [4.78, 5) is 3.80. The first-order valence-corrected chi connectivity index (χ1v) is 2.15. The summed E-state index contributed by atoms with van der Waals surface area (Å²) in [5.74, 6) is 0. The van der Waals surface area contributed by atoms with Gasteiger partial charge in [-0.05, 0) is 6.92 Å². The fourth-order valence-corrected chi connectivity index (χ4v) is 0.209. The summed E-state index contributed by atoms with van der Waals surface area (Å²) in [5.41, 5.74) is 6.09. The van der Waals surface area contributed by atoms with Gasteiger partial charge in [0.15, 0.2) is 0 Å². The summed E-state index contributed by atoms with van der Waals surface area (Å²) < 4.78 is 0. The topological polar surface area (TPSA) is 38.4 Å². The average molecular weight is 98.1 g/mol. The monoisotopic (exact) mass is 98.1 g/mol. The van der Waals surface area contributed by atoms with E-state index in [0.717, 1.165) is 5.71 Å². The molecule has 0 amide bonds. The van der Waals surface area contributed by atoms with Crippen molar-refractivity contribution in [2.24, 2.45) is 10.7 Å². The lowest BCUT2D eigenvalue weighted by molar-refractivity contribution is 1.28. The van der Waals surface area contributed by atoms with Gasteiger partial charge in [0, 0.05) is 18.5 Å². The minimum Gasteiger partial charge on any atom is -0.325 e. The molecule has 0 aromatic rings. The van der Waals surface area contributed by atoms with Gasteiger partial charge in [0.25, 0.3) is 0 Å². The van der Waals surface area contributed by atoms with Crippen LogP contribution in [-0.2, 0) is 0 Å². The molecular weight excluding hydrogens is 88.1 g/mol. The van der Waals surface area contributed by atoms with E-state index in [4.69, 9.17) is 5.73 Å². The highest BCUT2D eigenvalue weighted by atomic mass is 14.7. The third-order valence-electron chi connectivity index (χ3n) is 0.607. The van der Waals surface area contributed by atoms with Crippen LogP contribution in [0.15, 0.2) is 17.8 Å². The molecule has 0 aliphatic heterocycles. The highest BCUT2D eigenvalue weighted by Gasteiger charge is 1.76. The molecule has 0 bridgehead atoms. The lowest BCUT2D eigenvalue weighted by atomic mass is 10.4. The van der Waals surface area contributed by atoms with Crippen LogP contribution >= 0.6 is 0 Å². The van der Waals surface area contributed by atoms with Crippen LogP contribution in [0.5, 0.6) is 0 Å². The molecule has 2 heteroatoms. The van der Waals surface area contributed by atoms with Gasteiger partial charge in [-0.2, -0.15) is 0 Å². The third kappa shape index (κ3) is 3.19. The molecule has 0 rings (SSSR count). The first kappa shape index (κ1) is 6.37. The summed E-state index contributed by atoms with van der Waals surface area (Å²) >= 11 is 0. The van der Waals surface area contributed by atoms with Crippen molar-refractivity contribution in [2.75, 3.05) is 6.54 Å². The molecule has 0 aromatic heterocycles. The van der Waals surface area contributed by atoms with Gasteiger partial charge in [-0.1, -0.05) is 6.58 Å². The van der Waals surface area contributed by atoms with Gasteiger partial charge in [0.1, 0.15) is 0 Å². The Morgan fingerprint density at radius 2 is 2.57 bits per heavy atom. The summed E-state index contributed by atoms with van der Waals surface area (Å²) in [6.07, 6.45) is 1.49. The zero-order valence-corrected chi connectivity index (χ0v) is 4.52. The van der Waals surface area contributed by atoms with Crippen LogP contribution < -0.4 is 5.73 Å². The van der Waals surface area contributed by atoms with Gasteiger partial charge in [-0.3, -0.25) is 4.99 Å². The Morgan fingerprint density at radius 1 is 2.00 bits per heavy atom. The van der Waals surface area contributed by atoms with E-state index in [1.807, 2.05) is 6.92 Å². The van der Waals surface area contributed by atoms with Gasteiger partial charge in [0.2, 0.25) is 0 Å². The second kappa shape index (κ2) is 3.56. The highest BCUT2D eigenvalue weighted by Crippen LogP contribution is 1.71. The number of hydrogen-bond donors (Lipinski definition) is 1. The molecule has 2 nitrogen and oxygen atoms in total. The van der Waals surface area contributed by atoms with E-state index in [1.165, 1.54) is 6.20 Å². The Morgan fingerprint density at radius 3 is 2.71 bits per heavy atom. The third-order valence-corrected chi connectivity index (χ3v) is 0.607. The number of aliphatic imine (C=N–C) groups is 1. The van der Waals surface area contributed by atoms with E-state index >= 15 is 0 Å². The molecule has 40 valence electrons. The molecule has 2 N–H and O–H groups in total. The Kier molecular flexibility index (Phi) is 3.24. The quantitative estimate of drug-likeness (QED) is 0.503. The molecule has 0 spiro atoms. The summed E-state index contributed by atoms with van der Waals surface area (Å²) in [7, 11) is 0. The minimum atomic E-state index is 0.520. The predicted molar refractivity (Wildman–Crippen MR) is 32.4 cm³/mol. The number of hydrogen-bond acceptors (Lipinski definition) is 2. The lowest BCUT2D eigenvalue weighted by Crippen LogP contribution is -2.08. The van der Waals surface area contributed by atoms with Gasteiger partial charge in [0.05, 0.1) is 0 Å². The smallest absolute Gasteiger partial charge is 0.0311 e. The molecule has 0 radical (unpaired) electrons. The molecule has 0 saturated carbocycles. The molecule has 0 heterocycles. The van der Waals surface area contributed by atoms with Crippen molar-refractivity contribution in [2.45, 2.75) is 6.92 Å². The number of nitrogens with two attached hydrogens (primary N) is 1. The van der Waals surface area contributed by atoms with Gasteiger partial charge in [-0.15, -0.1) is 0 Å². The first-order valence-electron chi connectivity index (χ1n) is 2.15. The van der Waals surface area contributed by atoms with Crippen molar-refractivity contribution in [3.8, 4) is 0 Å². The fraction of sp³-hybridized carbons (Fsp3) is 0.400. The second-order valence-electron chi connectivity index (χ2n) is 1.25. The predicted octanol–water partition coefficient (Wildman–Crippen LogP) is 0.550. The van der Waals surface area contributed by atoms with Crippen LogP contribution in [0.4, 0.5) is 0 Å². The maximum Gasteiger partial charge on any atom is 0.0311 e. The van der Waals surface area contributed by atoms with Crippen LogP contribution in [0.3, 0.4) is 0 Å². The summed E-state index contributed by atoms with van der Waals surface area (Å²) in [6, 6.07) is 0. The van der Waals surface area contributed by atoms with Crippen molar-refractivity contribution in [3.05, 3.63) is 12.8 Å². The first-order chi connectivity index (χ1) is 3.31. The lowest BCUT2D eigenvalue weighted by Gasteiger charge is -1.85. The van der Waals surface area contributed by atoms with Crippen molar-refractivity contribution < 1.29 is 0 Å². The van der Waals surface area contributed by atoms with Crippen molar-refractivity contribution >= 4 is 5.71 Å². The second-order valence-corrected chi connectivity index (χ2v) is 1.25. The minimum absolute atomic E-state index is 0.520. The van der Waals surface area contributed by atoms with Crippen LogP contribution in [0, 0.1) is 0 Å². The molecule has 0 fully saturated rings. The van der Waals surface area contributed by atoms with E-state index in [1.54, 1.807) is 0 Å². The van der Waals surface area contributed by atoms with Crippen LogP contribution in [0.25, 0.3) is 0 Å². The summed E-state index contributed by atoms with van der Waals surface area (Å²) in [5, 5.41) is 0. The molecule has 0 atom stereocenters. The van der Waals surface area contributed by atoms with Crippen molar-refractivity contribution in [3.63, 3.8) is 0 Å². The largest absolute Gasteiger partial charge is 0.325 e. The molecule has 0 unspecified atom stereocenters. The van der Waals surface area contributed by atoms with Crippen LogP contribution in [-0.4, -0.2) is 12.3 Å². The zero-order valence-electron chi connectivity index (χ0n) is 4.52. The maximum atomic E-state index is 5.18. The van der Waals surface area contributed by atoms with E-state index in [0.29, 0.717) is 6.54 Å². The SMILES string of the molecule is C=CN=C(C)CN. The Balaban J connectivity index is 3.49. The molecule has 0 aliphatic rings. The van der Waals surface area contributed by atoms with Crippen LogP contribution in [0.1, 0.15) is 6.92 Å². The van der Waals surface area contributed by atoms with Gasteiger partial charge >= 0.3 is 0 Å². The Bertz CT molecular complexity index is 84.1. The van der Waals surface area contributed by atoms with Gasteiger partial charge < -0.3 is 5.73 Å².